The van der Waals surface area contributed by atoms with Gasteiger partial charge in [-0.25, -0.2) is 0 Å². The fourth-order valence-electron chi connectivity index (χ4n) is 1.45. The predicted molar refractivity (Wildman–Crippen MR) is 60.2 cm³/mol. The molecule has 0 rings (SSSR count). The number of aliphatic hydroxyl groups is 2. The molecule has 1 atom stereocenters. The van der Waals surface area contributed by atoms with Gasteiger partial charge in [-0.3, -0.25) is 0 Å². The summed E-state index contributed by atoms with van der Waals surface area (Å²) in [6.45, 7) is 4.11. The van der Waals surface area contributed by atoms with E-state index in [2.05, 4.69) is 6.92 Å². The van der Waals surface area contributed by atoms with Gasteiger partial charge in [0.1, 0.15) is 0 Å². The number of aliphatic hydroxyl groups excluding tert-OH is 1. The summed E-state index contributed by atoms with van der Waals surface area (Å²) in [6.07, 6.45) is 9.79. The molecule has 0 aliphatic carbocycles. The largest absolute Gasteiger partial charge is 0.392 e. The van der Waals surface area contributed by atoms with Crippen LogP contribution in [-0.2, 0) is 0 Å². The summed E-state index contributed by atoms with van der Waals surface area (Å²) in [4.78, 5) is 0. The van der Waals surface area contributed by atoms with Crippen molar-refractivity contribution in [2.75, 3.05) is 6.61 Å². The Morgan fingerprint density at radius 1 is 1.14 bits per heavy atom. The fraction of sp³-hybridized carbons (Fsp3) is 0.833. The van der Waals surface area contributed by atoms with E-state index in [1.54, 1.807) is 6.08 Å². The molecule has 2 N–H and O–H groups in total. The Balaban J connectivity index is 3.55. The maximum absolute atomic E-state index is 9.91. The molecule has 0 radical (unpaired) electrons. The van der Waals surface area contributed by atoms with E-state index in [1.165, 1.54) is 19.3 Å². The summed E-state index contributed by atoms with van der Waals surface area (Å²) in [6, 6.07) is 0. The van der Waals surface area contributed by atoms with Gasteiger partial charge in [0.05, 0.1) is 12.2 Å². The Labute approximate surface area is 87.7 Å². The molecule has 0 fully saturated rings. The zero-order chi connectivity index (χ0) is 10.9. The van der Waals surface area contributed by atoms with Crippen molar-refractivity contribution in [2.45, 2.75) is 58.0 Å². The molecule has 14 heavy (non-hydrogen) atoms. The normalized spacial score (nSPS) is 16.0. The van der Waals surface area contributed by atoms with Crippen molar-refractivity contribution in [1.29, 1.82) is 0 Å². The molecule has 0 heterocycles. The summed E-state index contributed by atoms with van der Waals surface area (Å²) >= 11 is 0. The quantitative estimate of drug-likeness (QED) is 0.467. The molecule has 0 saturated carbocycles. The topological polar surface area (TPSA) is 40.5 Å². The van der Waals surface area contributed by atoms with Gasteiger partial charge < -0.3 is 10.2 Å². The van der Waals surface area contributed by atoms with Gasteiger partial charge in [-0.05, 0) is 19.8 Å². The number of unbranched alkanes of at least 4 members (excludes halogenated alkanes) is 3. The minimum absolute atomic E-state index is 0.0614. The van der Waals surface area contributed by atoms with Crippen molar-refractivity contribution in [1.82, 2.24) is 0 Å². The van der Waals surface area contributed by atoms with Crippen LogP contribution in [0.15, 0.2) is 12.2 Å². The maximum atomic E-state index is 9.91. The lowest BCUT2D eigenvalue weighted by atomic mass is 9.94. The van der Waals surface area contributed by atoms with E-state index in [0.717, 1.165) is 12.8 Å². The first-order valence-electron chi connectivity index (χ1n) is 5.60. The van der Waals surface area contributed by atoms with Crippen LogP contribution in [0.3, 0.4) is 0 Å². The van der Waals surface area contributed by atoms with Crippen LogP contribution >= 0.6 is 0 Å². The smallest absolute Gasteiger partial charge is 0.0654 e. The van der Waals surface area contributed by atoms with Crippen molar-refractivity contribution < 1.29 is 10.2 Å². The van der Waals surface area contributed by atoms with Crippen molar-refractivity contribution in [3.8, 4) is 0 Å². The van der Waals surface area contributed by atoms with Gasteiger partial charge in [-0.1, -0.05) is 44.8 Å². The third-order valence-corrected chi connectivity index (χ3v) is 2.40. The Morgan fingerprint density at radius 3 is 2.43 bits per heavy atom. The molecule has 1 unspecified atom stereocenters. The summed E-state index contributed by atoms with van der Waals surface area (Å²) in [5.41, 5.74) is -0.598. The zero-order valence-corrected chi connectivity index (χ0v) is 9.50. The first-order valence-corrected chi connectivity index (χ1v) is 5.60. The van der Waals surface area contributed by atoms with Crippen LogP contribution in [0.4, 0.5) is 0 Å². The first-order chi connectivity index (χ1) is 6.62. The van der Waals surface area contributed by atoms with Crippen LogP contribution in [-0.4, -0.2) is 22.4 Å². The number of hydrogen-bond acceptors (Lipinski definition) is 2. The van der Waals surface area contributed by atoms with Crippen molar-refractivity contribution in [3.05, 3.63) is 12.2 Å². The van der Waals surface area contributed by atoms with Crippen LogP contribution < -0.4 is 0 Å². The van der Waals surface area contributed by atoms with E-state index < -0.39 is 5.60 Å². The van der Waals surface area contributed by atoms with E-state index in [4.69, 9.17) is 5.11 Å². The highest BCUT2D eigenvalue weighted by Crippen LogP contribution is 2.19. The number of hydrogen-bond donors (Lipinski definition) is 2. The van der Waals surface area contributed by atoms with Crippen molar-refractivity contribution in [3.63, 3.8) is 0 Å². The Kier molecular flexibility index (Phi) is 7.81. The molecule has 84 valence electrons. The molecule has 0 aromatic carbocycles. The van der Waals surface area contributed by atoms with Crippen LogP contribution in [0.2, 0.25) is 0 Å². The summed E-state index contributed by atoms with van der Waals surface area (Å²) in [5.74, 6) is 0. The second-order valence-electron chi connectivity index (χ2n) is 4.17. The van der Waals surface area contributed by atoms with Gasteiger partial charge in [0.2, 0.25) is 0 Å². The van der Waals surface area contributed by atoms with Crippen molar-refractivity contribution in [2.24, 2.45) is 0 Å². The molecule has 0 bridgehead atoms. The molecule has 0 aromatic rings. The summed E-state index contributed by atoms with van der Waals surface area (Å²) in [5, 5.41) is 18.4. The number of rotatable bonds is 8. The molecule has 0 amide bonds. The van der Waals surface area contributed by atoms with Crippen LogP contribution in [0, 0.1) is 0 Å². The predicted octanol–water partition coefficient (Wildman–Crippen LogP) is 2.65. The minimum Gasteiger partial charge on any atom is -0.392 e. The third kappa shape index (κ3) is 8.27. The highest BCUT2D eigenvalue weighted by Gasteiger charge is 2.17. The average Bonchev–Trinajstić information content (AvgIpc) is 2.13. The van der Waals surface area contributed by atoms with Crippen LogP contribution in [0.25, 0.3) is 0 Å². The van der Waals surface area contributed by atoms with E-state index in [-0.39, 0.29) is 6.61 Å². The Morgan fingerprint density at radius 2 is 1.86 bits per heavy atom. The molecule has 0 aliphatic heterocycles. The van der Waals surface area contributed by atoms with Crippen LogP contribution in [0.5, 0.6) is 0 Å². The lowest BCUT2D eigenvalue weighted by Crippen LogP contribution is -2.22. The van der Waals surface area contributed by atoms with Crippen LogP contribution in [0.1, 0.15) is 52.4 Å². The van der Waals surface area contributed by atoms with Gasteiger partial charge in [0.15, 0.2) is 0 Å². The fourth-order valence-corrected chi connectivity index (χ4v) is 1.45. The van der Waals surface area contributed by atoms with Gasteiger partial charge in [-0.2, -0.15) is 0 Å². The van der Waals surface area contributed by atoms with E-state index in [9.17, 15) is 5.11 Å². The third-order valence-electron chi connectivity index (χ3n) is 2.40. The van der Waals surface area contributed by atoms with Gasteiger partial charge >= 0.3 is 0 Å². The Hall–Kier alpha value is -0.340. The molecule has 0 saturated heterocycles. The highest BCUT2D eigenvalue weighted by molar-refractivity contribution is 4.88. The van der Waals surface area contributed by atoms with E-state index in [1.807, 2.05) is 13.0 Å². The second-order valence-corrected chi connectivity index (χ2v) is 4.17. The lowest BCUT2D eigenvalue weighted by Gasteiger charge is -2.21. The molecule has 0 aliphatic rings. The molecule has 0 spiro atoms. The zero-order valence-electron chi connectivity index (χ0n) is 9.50. The Bertz CT molecular complexity index is 150. The molecular formula is C12H24O2. The molecule has 2 heteroatoms. The highest BCUT2D eigenvalue weighted by atomic mass is 16.3. The van der Waals surface area contributed by atoms with Gasteiger partial charge in [0.25, 0.3) is 0 Å². The second kappa shape index (κ2) is 8.01. The first kappa shape index (κ1) is 13.7. The van der Waals surface area contributed by atoms with Gasteiger partial charge in [0, 0.05) is 0 Å². The summed E-state index contributed by atoms with van der Waals surface area (Å²) in [7, 11) is 0. The van der Waals surface area contributed by atoms with E-state index >= 15 is 0 Å². The average molecular weight is 200 g/mol. The standard InChI is InChI=1S/C12H24O2/c1-3-4-5-6-9-12(2,14)10-7-8-11-13/h7-8,13-14H,3-6,9-11H2,1-2H3/b8-7+. The summed E-state index contributed by atoms with van der Waals surface area (Å²) < 4.78 is 0. The molecule has 0 aromatic heterocycles. The minimum atomic E-state index is -0.598. The SMILES string of the molecule is CCCCCCC(C)(O)C/C=C/CO. The molecule has 2 nitrogen and oxygen atoms in total. The monoisotopic (exact) mass is 200 g/mol. The maximum Gasteiger partial charge on any atom is 0.0654 e. The van der Waals surface area contributed by atoms with Gasteiger partial charge in [-0.15, -0.1) is 0 Å². The van der Waals surface area contributed by atoms with Crippen molar-refractivity contribution >= 4 is 0 Å². The molecular weight excluding hydrogens is 176 g/mol. The van der Waals surface area contributed by atoms with E-state index in [0.29, 0.717) is 6.42 Å². The lowest BCUT2D eigenvalue weighted by molar-refractivity contribution is 0.0511.